The Morgan fingerprint density at radius 1 is 1.30 bits per heavy atom. The van der Waals surface area contributed by atoms with E-state index in [-0.39, 0.29) is 5.91 Å². The van der Waals surface area contributed by atoms with Crippen LogP contribution in [0, 0.1) is 0 Å². The van der Waals surface area contributed by atoms with Crippen LogP contribution in [-0.2, 0) is 26.3 Å². The third-order valence-electron chi connectivity index (χ3n) is 5.07. The summed E-state index contributed by atoms with van der Waals surface area (Å²) in [5.74, 6) is -1.29. The van der Waals surface area contributed by atoms with Gasteiger partial charge in [-0.05, 0) is 44.2 Å². The standard InChI is InChI=1S/C19H24N4O4/c1-3-20-16(25)12(2)21-15(24)11-23-17(26)19(22-18(23)27)10-6-8-13-7-4-5-9-14(13)19/h4-5,7,9,12H,3,6,8,10-11H2,1-2H3,(H,20,25)(H,21,24)(H,22,27)/t12-,19+/m1/s1. The van der Waals surface area contributed by atoms with Crippen molar-refractivity contribution in [2.45, 2.75) is 44.7 Å². The summed E-state index contributed by atoms with van der Waals surface area (Å²) >= 11 is 0. The van der Waals surface area contributed by atoms with Gasteiger partial charge < -0.3 is 16.0 Å². The third kappa shape index (κ3) is 3.39. The van der Waals surface area contributed by atoms with E-state index in [0.29, 0.717) is 13.0 Å². The summed E-state index contributed by atoms with van der Waals surface area (Å²) < 4.78 is 0. The summed E-state index contributed by atoms with van der Waals surface area (Å²) in [6, 6.07) is 6.23. The number of likely N-dealkylation sites (N-methyl/N-ethyl adjacent to an activating group) is 1. The second kappa shape index (κ2) is 7.38. The van der Waals surface area contributed by atoms with Crippen LogP contribution < -0.4 is 16.0 Å². The lowest BCUT2D eigenvalue weighted by molar-refractivity contribution is -0.136. The number of carbonyl (C=O) groups excluding carboxylic acids is 4. The topological polar surface area (TPSA) is 108 Å². The highest BCUT2D eigenvalue weighted by Crippen LogP contribution is 2.39. The third-order valence-corrected chi connectivity index (χ3v) is 5.07. The number of hydrogen-bond acceptors (Lipinski definition) is 4. The number of urea groups is 1. The first-order chi connectivity index (χ1) is 12.9. The van der Waals surface area contributed by atoms with Gasteiger partial charge in [-0.3, -0.25) is 19.3 Å². The highest BCUT2D eigenvalue weighted by atomic mass is 16.2. The van der Waals surface area contributed by atoms with Crippen LogP contribution in [-0.4, -0.2) is 47.8 Å². The van der Waals surface area contributed by atoms with E-state index in [1.807, 2.05) is 24.3 Å². The molecule has 1 spiro atoms. The maximum absolute atomic E-state index is 13.1. The van der Waals surface area contributed by atoms with Gasteiger partial charge in [0.05, 0.1) is 0 Å². The van der Waals surface area contributed by atoms with E-state index in [2.05, 4.69) is 16.0 Å². The molecule has 0 unspecified atom stereocenters. The zero-order chi connectivity index (χ0) is 19.6. The maximum Gasteiger partial charge on any atom is 0.325 e. The Morgan fingerprint density at radius 3 is 2.78 bits per heavy atom. The first kappa shape index (κ1) is 18.9. The van der Waals surface area contributed by atoms with Gasteiger partial charge in [-0.1, -0.05) is 24.3 Å². The van der Waals surface area contributed by atoms with Crippen LogP contribution in [0.4, 0.5) is 4.79 Å². The quantitative estimate of drug-likeness (QED) is 0.651. The SMILES string of the molecule is CCNC(=O)[C@@H](C)NC(=O)CN1C(=O)N[C@]2(CCCc3ccccc32)C1=O. The van der Waals surface area contributed by atoms with Crippen LogP contribution in [0.2, 0.25) is 0 Å². The van der Waals surface area contributed by atoms with Crippen LogP contribution in [0.3, 0.4) is 0 Å². The molecule has 3 N–H and O–H groups in total. The molecule has 1 aromatic carbocycles. The number of fused-ring (bicyclic) bond motifs is 2. The van der Waals surface area contributed by atoms with Crippen molar-refractivity contribution < 1.29 is 19.2 Å². The predicted octanol–water partition coefficient (Wildman–Crippen LogP) is 0.411. The van der Waals surface area contributed by atoms with Gasteiger partial charge in [0.1, 0.15) is 18.1 Å². The minimum atomic E-state index is -1.10. The fraction of sp³-hybridized carbons (Fsp3) is 0.474. The van der Waals surface area contributed by atoms with Gasteiger partial charge in [0.25, 0.3) is 5.91 Å². The van der Waals surface area contributed by atoms with Gasteiger partial charge in [0, 0.05) is 6.54 Å². The zero-order valence-corrected chi connectivity index (χ0v) is 15.5. The molecule has 1 aliphatic heterocycles. The molecule has 0 radical (unpaired) electrons. The molecule has 3 rings (SSSR count). The largest absolute Gasteiger partial charge is 0.355 e. The molecule has 144 valence electrons. The van der Waals surface area contributed by atoms with E-state index in [9.17, 15) is 19.2 Å². The fourth-order valence-corrected chi connectivity index (χ4v) is 3.78. The molecule has 5 amide bonds. The molecule has 1 saturated heterocycles. The monoisotopic (exact) mass is 372 g/mol. The number of rotatable bonds is 5. The van der Waals surface area contributed by atoms with Crippen LogP contribution >= 0.6 is 0 Å². The summed E-state index contributed by atoms with van der Waals surface area (Å²) in [6.07, 6.45) is 2.13. The molecule has 8 nitrogen and oxygen atoms in total. The Bertz CT molecular complexity index is 794. The van der Waals surface area contributed by atoms with Crippen LogP contribution in [0.1, 0.15) is 37.8 Å². The molecule has 8 heteroatoms. The summed E-state index contributed by atoms with van der Waals surface area (Å²) in [7, 11) is 0. The average Bonchev–Trinajstić information content (AvgIpc) is 2.87. The number of amides is 5. The number of imide groups is 1. The number of benzene rings is 1. The van der Waals surface area contributed by atoms with Crippen LogP contribution in [0.5, 0.6) is 0 Å². The normalized spacial score (nSPS) is 22.2. The number of nitrogens with one attached hydrogen (secondary N) is 3. The minimum Gasteiger partial charge on any atom is -0.355 e. The lowest BCUT2D eigenvalue weighted by Gasteiger charge is -2.33. The van der Waals surface area contributed by atoms with Gasteiger partial charge in [0.2, 0.25) is 11.8 Å². The van der Waals surface area contributed by atoms with Crippen molar-refractivity contribution in [3.05, 3.63) is 35.4 Å². The Kier molecular flexibility index (Phi) is 5.16. The smallest absolute Gasteiger partial charge is 0.325 e. The van der Waals surface area contributed by atoms with Gasteiger partial charge >= 0.3 is 6.03 Å². The molecule has 27 heavy (non-hydrogen) atoms. The van der Waals surface area contributed by atoms with E-state index in [1.54, 1.807) is 13.8 Å². The highest BCUT2D eigenvalue weighted by Gasteiger charge is 2.54. The Hall–Kier alpha value is -2.90. The number of aryl methyl sites for hydroxylation is 1. The molecule has 1 aliphatic carbocycles. The van der Waals surface area contributed by atoms with E-state index in [1.165, 1.54) is 0 Å². The Morgan fingerprint density at radius 2 is 2.04 bits per heavy atom. The molecule has 0 aromatic heterocycles. The summed E-state index contributed by atoms with van der Waals surface area (Å²) in [5, 5.41) is 7.93. The van der Waals surface area contributed by atoms with Crippen molar-refractivity contribution in [2.75, 3.05) is 13.1 Å². The molecule has 1 fully saturated rings. The predicted molar refractivity (Wildman–Crippen MR) is 97.6 cm³/mol. The van der Waals surface area contributed by atoms with Crippen LogP contribution in [0.15, 0.2) is 24.3 Å². The zero-order valence-electron chi connectivity index (χ0n) is 15.5. The van der Waals surface area contributed by atoms with Crippen molar-refractivity contribution in [1.82, 2.24) is 20.9 Å². The molecule has 1 heterocycles. The molecule has 1 aromatic rings. The maximum atomic E-state index is 13.1. The Balaban J connectivity index is 1.74. The molecule has 0 bridgehead atoms. The minimum absolute atomic E-state index is 0.319. The summed E-state index contributed by atoms with van der Waals surface area (Å²) in [5.41, 5.74) is 0.735. The van der Waals surface area contributed by atoms with Crippen molar-refractivity contribution >= 4 is 23.8 Å². The van der Waals surface area contributed by atoms with E-state index >= 15 is 0 Å². The highest BCUT2D eigenvalue weighted by molar-refractivity contribution is 6.09. The van der Waals surface area contributed by atoms with Gasteiger partial charge in [-0.15, -0.1) is 0 Å². The van der Waals surface area contributed by atoms with Crippen molar-refractivity contribution in [1.29, 1.82) is 0 Å². The second-order valence-electron chi connectivity index (χ2n) is 6.92. The molecule has 2 atom stereocenters. The first-order valence-electron chi connectivity index (χ1n) is 9.18. The molecular formula is C19H24N4O4. The lowest BCUT2D eigenvalue weighted by Crippen LogP contribution is -2.50. The fourth-order valence-electron chi connectivity index (χ4n) is 3.78. The average molecular weight is 372 g/mol. The summed E-state index contributed by atoms with van der Waals surface area (Å²) in [6.45, 7) is 3.36. The second-order valence-corrected chi connectivity index (χ2v) is 6.92. The van der Waals surface area contributed by atoms with E-state index < -0.39 is 36.0 Å². The number of hydrogen-bond donors (Lipinski definition) is 3. The van der Waals surface area contributed by atoms with Crippen LogP contribution in [0.25, 0.3) is 0 Å². The van der Waals surface area contributed by atoms with Crippen molar-refractivity contribution in [2.24, 2.45) is 0 Å². The molecular weight excluding hydrogens is 348 g/mol. The van der Waals surface area contributed by atoms with E-state index in [0.717, 1.165) is 28.9 Å². The van der Waals surface area contributed by atoms with Crippen molar-refractivity contribution in [3.63, 3.8) is 0 Å². The molecule has 2 aliphatic rings. The lowest BCUT2D eigenvalue weighted by atomic mass is 9.76. The summed E-state index contributed by atoms with van der Waals surface area (Å²) in [4.78, 5) is 50.5. The number of carbonyl (C=O) groups is 4. The van der Waals surface area contributed by atoms with Gasteiger partial charge in [0.15, 0.2) is 0 Å². The molecule has 0 saturated carbocycles. The van der Waals surface area contributed by atoms with Crippen molar-refractivity contribution in [3.8, 4) is 0 Å². The van der Waals surface area contributed by atoms with Gasteiger partial charge in [-0.2, -0.15) is 0 Å². The van der Waals surface area contributed by atoms with E-state index in [4.69, 9.17) is 0 Å². The Labute approximate surface area is 157 Å². The first-order valence-corrected chi connectivity index (χ1v) is 9.18. The number of nitrogens with zero attached hydrogens (tertiary/aromatic N) is 1. The van der Waals surface area contributed by atoms with Gasteiger partial charge in [-0.25, -0.2) is 4.79 Å².